The van der Waals surface area contributed by atoms with Crippen LogP contribution in [0.5, 0.6) is 0 Å². The number of thiocarbonyl (C=S) groups is 1. The van der Waals surface area contributed by atoms with Crippen molar-refractivity contribution in [2.75, 3.05) is 11.9 Å². The highest BCUT2D eigenvalue weighted by Gasteiger charge is 2.10. The first-order valence-electron chi connectivity index (χ1n) is 8.50. The molecule has 0 aliphatic carbocycles. The first-order valence-corrected chi connectivity index (χ1v) is 9.29. The number of carbonyl (C=O) groups is 2. The predicted molar refractivity (Wildman–Crippen MR) is 111 cm³/mol. The van der Waals surface area contributed by atoms with Crippen molar-refractivity contribution in [2.45, 2.75) is 26.2 Å². The summed E-state index contributed by atoms with van der Waals surface area (Å²) in [5.41, 5.74) is 2.72. The molecule has 0 heterocycles. The Kier molecular flexibility index (Phi) is 8.23. The first-order chi connectivity index (χ1) is 12.9. The molecule has 0 unspecified atom stereocenters. The number of esters is 1. The molecule has 2 aromatic carbocycles. The maximum Gasteiger partial charge on any atom is 0.306 e. The van der Waals surface area contributed by atoms with Crippen LogP contribution in [0.2, 0.25) is 5.02 Å². The standard InChI is InChI=1S/C20H21ClN2O3S/c1-14-7-8-16(13-17(14)21)22-20(27)23-18(24)9-10-19(25)26-12-11-15-5-3-2-4-6-15/h2-8,13H,9-12H2,1H3,(H2,22,23,24,27). The molecule has 0 atom stereocenters. The van der Waals surface area contributed by atoms with Crippen LogP contribution < -0.4 is 10.6 Å². The molecular formula is C20H21ClN2O3S. The number of hydrogen-bond donors (Lipinski definition) is 2. The van der Waals surface area contributed by atoms with Crippen LogP contribution in [-0.2, 0) is 20.7 Å². The normalized spacial score (nSPS) is 10.1. The van der Waals surface area contributed by atoms with E-state index in [2.05, 4.69) is 10.6 Å². The van der Waals surface area contributed by atoms with Gasteiger partial charge in [-0.2, -0.15) is 0 Å². The zero-order chi connectivity index (χ0) is 19.6. The lowest BCUT2D eigenvalue weighted by Gasteiger charge is -2.10. The Morgan fingerprint density at radius 1 is 1.11 bits per heavy atom. The van der Waals surface area contributed by atoms with Crippen molar-refractivity contribution in [3.8, 4) is 0 Å². The second-order valence-corrected chi connectivity index (χ2v) is 6.74. The molecule has 2 rings (SSSR count). The molecule has 142 valence electrons. The summed E-state index contributed by atoms with van der Waals surface area (Å²) in [7, 11) is 0. The number of carbonyl (C=O) groups excluding carboxylic acids is 2. The molecule has 27 heavy (non-hydrogen) atoms. The average Bonchev–Trinajstić information content (AvgIpc) is 2.64. The molecule has 0 bridgehead atoms. The molecule has 0 aromatic heterocycles. The number of rotatable bonds is 7. The van der Waals surface area contributed by atoms with Gasteiger partial charge in [-0.1, -0.05) is 48.0 Å². The minimum Gasteiger partial charge on any atom is -0.465 e. The third-order valence-electron chi connectivity index (χ3n) is 3.74. The largest absolute Gasteiger partial charge is 0.465 e. The van der Waals surface area contributed by atoms with Gasteiger partial charge in [0.05, 0.1) is 13.0 Å². The lowest BCUT2D eigenvalue weighted by Crippen LogP contribution is -2.34. The van der Waals surface area contributed by atoms with Gasteiger partial charge in [0, 0.05) is 23.6 Å². The number of hydrogen-bond acceptors (Lipinski definition) is 4. The molecule has 0 aliphatic rings. The SMILES string of the molecule is Cc1ccc(NC(=S)NC(=O)CCC(=O)OCCc2ccccc2)cc1Cl. The van der Waals surface area contributed by atoms with E-state index < -0.39 is 5.97 Å². The van der Waals surface area contributed by atoms with Crippen molar-refractivity contribution in [1.82, 2.24) is 5.32 Å². The van der Waals surface area contributed by atoms with Crippen molar-refractivity contribution in [1.29, 1.82) is 0 Å². The van der Waals surface area contributed by atoms with Crippen LogP contribution in [0.4, 0.5) is 5.69 Å². The summed E-state index contributed by atoms with van der Waals surface area (Å²) >= 11 is 11.1. The van der Waals surface area contributed by atoms with E-state index in [9.17, 15) is 9.59 Å². The van der Waals surface area contributed by atoms with Crippen molar-refractivity contribution in [3.63, 3.8) is 0 Å². The molecule has 2 aromatic rings. The van der Waals surface area contributed by atoms with Gasteiger partial charge in [-0.25, -0.2) is 0 Å². The summed E-state index contributed by atoms with van der Waals surface area (Å²) in [5, 5.41) is 6.16. The van der Waals surface area contributed by atoms with E-state index in [0.29, 0.717) is 23.7 Å². The minimum absolute atomic E-state index is 0.000401. The molecule has 7 heteroatoms. The van der Waals surface area contributed by atoms with Crippen LogP contribution in [-0.4, -0.2) is 23.6 Å². The molecule has 0 aliphatic heterocycles. The number of benzene rings is 2. The Balaban J connectivity index is 1.65. The number of amides is 1. The van der Waals surface area contributed by atoms with Gasteiger partial charge in [-0.3, -0.25) is 9.59 Å². The second kappa shape index (κ2) is 10.6. The summed E-state index contributed by atoms with van der Waals surface area (Å²) in [6.07, 6.45) is 0.645. The lowest BCUT2D eigenvalue weighted by molar-refractivity contribution is -0.144. The fourth-order valence-corrected chi connectivity index (χ4v) is 2.65. The molecule has 1 amide bonds. The van der Waals surface area contributed by atoms with E-state index in [0.717, 1.165) is 11.1 Å². The number of aryl methyl sites for hydroxylation is 1. The fourth-order valence-electron chi connectivity index (χ4n) is 2.24. The maximum absolute atomic E-state index is 11.9. The van der Waals surface area contributed by atoms with E-state index >= 15 is 0 Å². The summed E-state index contributed by atoms with van der Waals surface area (Å²) in [6, 6.07) is 15.1. The Labute approximate surface area is 169 Å². The topological polar surface area (TPSA) is 67.4 Å². The van der Waals surface area contributed by atoms with Gasteiger partial charge >= 0.3 is 5.97 Å². The van der Waals surface area contributed by atoms with Crippen molar-refractivity contribution >= 4 is 46.5 Å². The zero-order valence-corrected chi connectivity index (χ0v) is 16.5. The molecule has 0 spiro atoms. The van der Waals surface area contributed by atoms with E-state index in [1.165, 1.54) is 0 Å². The molecule has 5 nitrogen and oxygen atoms in total. The Morgan fingerprint density at radius 2 is 1.85 bits per heavy atom. The van der Waals surface area contributed by atoms with E-state index in [4.69, 9.17) is 28.6 Å². The summed E-state index contributed by atoms with van der Waals surface area (Å²) in [4.78, 5) is 23.6. The van der Waals surface area contributed by atoms with Gasteiger partial charge in [0.1, 0.15) is 0 Å². The van der Waals surface area contributed by atoms with E-state index in [-0.39, 0.29) is 23.9 Å². The molecule has 0 radical (unpaired) electrons. The highest BCUT2D eigenvalue weighted by atomic mass is 35.5. The monoisotopic (exact) mass is 404 g/mol. The summed E-state index contributed by atoms with van der Waals surface area (Å²) < 4.78 is 5.14. The first kappa shape index (κ1) is 20.9. The number of nitrogens with one attached hydrogen (secondary N) is 2. The third kappa shape index (κ3) is 7.76. The highest BCUT2D eigenvalue weighted by molar-refractivity contribution is 7.80. The van der Waals surface area contributed by atoms with Crippen LogP contribution in [0.1, 0.15) is 24.0 Å². The third-order valence-corrected chi connectivity index (χ3v) is 4.35. The minimum atomic E-state index is -0.412. The van der Waals surface area contributed by atoms with Crippen LogP contribution in [0.15, 0.2) is 48.5 Å². The van der Waals surface area contributed by atoms with Gasteiger partial charge in [-0.05, 0) is 42.4 Å². The highest BCUT2D eigenvalue weighted by Crippen LogP contribution is 2.19. The van der Waals surface area contributed by atoms with E-state index in [1.807, 2.05) is 49.4 Å². The van der Waals surface area contributed by atoms with Crippen molar-refractivity contribution in [3.05, 3.63) is 64.7 Å². The van der Waals surface area contributed by atoms with Gasteiger partial charge in [0.15, 0.2) is 5.11 Å². The quantitative estimate of drug-likeness (QED) is 0.538. The fraction of sp³-hybridized carbons (Fsp3) is 0.250. The zero-order valence-electron chi connectivity index (χ0n) is 15.0. The predicted octanol–water partition coefficient (Wildman–Crippen LogP) is 4.03. The Bertz CT molecular complexity index is 812. The van der Waals surface area contributed by atoms with Gasteiger partial charge < -0.3 is 15.4 Å². The van der Waals surface area contributed by atoms with Crippen LogP contribution in [0.25, 0.3) is 0 Å². The molecule has 0 saturated carbocycles. The summed E-state index contributed by atoms with van der Waals surface area (Å²) in [6.45, 7) is 2.18. The number of halogens is 1. The molecule has 2 N–H and O–H groups in total. The smallest absolute Gasteiger partial charge is 0.306 e. The van der Waals surface area contributed by atoms with Crippen LogP contribution >= 0.6 is 23.8 Å². The van der Waals surface area contributed by atoms with Gasteiger partial charge in [0.25, 0.3) is 0 Å². The maximum atomic E-state index is 11.9. The van der Waals surface area contributed by atoms with Gasteiger partial charge in [-0.15, -0.1) is 0 Å². The second-order valence-electron chi connectivity index (χ2n) is 5.92. The molecular weight excluding hydrogens is 384 g/mol. The average molecular weight is 405 g/mol. The molecule has 0 fully saturated rings. The Hall–Kier alpha value is -2.44. The number of anilines is 1. The van der Waals surface area contributed by atoms with Gasteiger partial charge in [0.2, 0.25) is 5.91 Å². The van der Waals surface area contributed by atoms with Crippen LogP contribution in [0.3, 0.4) is 0 Å². The van der Waals surface area contributed by atoms with Crippen molar-refractivity contribution < 1.29 is 14.3 Å². The number of ether oxygens (including phenoxy) is 1. The van der Waals surface area contributed by atoms with E-state index in [1.54, 1.807) is 6.07 Å². The molecule has 0 saturated heterocycles. The summed E-state index contributed by atoms with van der Waals surface area (Å²) in [5.74, 6) is -0.768. The Morgan fingerprint density at radius 3 is 2.56 bits per heavy atom. The van der Waals surface area contributed by atoms with Crippen molar-refractivity contribution in [2.24, 2.45) is 0 Å². The lowest BCUT2D eigenvalue weighted by atomic mass is 10.2. The van der Waals surface area contributed by atoms with Crippen LogP contribution in [0, 0.1) is 6.92 Å².